The molecule has 3 aromatic carbocycles. The number of pyridine rings is 1. The summed E-state index contributed by atoms with van der Waals surface area (Å²) in [5.74, 6) is 0.0210. The molecule has 0 aliphatic carbocycles. The number of benzene rings is 3. The van der Waals surface area contributed by atoms with Gasteiger partial charge in [-0.05, 0) is 42.3 Å². The number of amides is 1. The summed E-state index contributed by atoms with van der Waals surface area (Å²) in [4.78, 5) is 20.3. The van der Waals surface area contributed by atoms with Crippen LogP contribution in [-0.4, -0.2) is 17.4 Å². The lowest BCUT2D eigenvalue weighted by Crippen LogP contribution is -2.29. The molecule has 0 bridgehead atoms. The molecule has 0 spiro atoms. The average Bonchev–Trinajstić information content (AvgIpc) is 3.17. The smallest absolute Gasteiger partial charge is 0.259 e. The van der Waals surface area contributed by atoms with E-state index in [0.29, 0.717) is 12.1 Å². The van der Waals surface area contributed by atoms with Crippen molar-refractivity contribution in [2.45, 2.75) is 6.42 Å². The molecule has 136 valence electrons. The van der Waals surface area contributed by atoms with Crippen LogP contribution < -0.4 is 4.90 Å². The fourth-order valence-corrected chi connectivity index (χ4v) is 4.19. The lowest BCUT2D eigenvalue weighted by atomic mass is 10.0. The maximum Gasteiger partial charge on any atom is 0.259 e. The highest BCUT2D eigenvalue weighted by molar-refractivity contribution is 9.10. The molecule has 0 radical (unpaired) electrons. The van der Waals surface area contributed by atoms with E-state index in [4.69, 9.17) is 4.98 Å². The van der Waals surface area contributed by atoms with Crippen molar-refractivity contribution in [3.63, 3.8) is 0 Å². The minimum atomic E-state index is 0.0210. The van der Waals surface area contributed by atoms with Crippen molar-refractivity contribution in [3.8, 4) is 11.3 Å². The normalized spacial score (nSPS) is 13.0. The molecule has 0 saturated heterocycles. The SMILES string of the molecule is O=C(c1cc(-c2ccccc2)nc2ccc(Br)cc12)N1CCc2ccccc21. The van der Waals surface area contributed by atoms with Gasteiger partial charge in [0.2, 0.25) is 0 Å². The molecule has 0 unspecified atom stereocenters. The maximum atomic E-state index is 13.6. The van der Waals surface area contributed by atoms with Gasteiger partial charge in [0.05, 0.1) is 16.8 Å². The predicted molar refractivity (Wildman–Crippen MR) is 117 cm³/mol. The molecule has 0 fully saturated rings. The first-order valence-corrected chi connectivity index (χ1v) is 10.1. The van der Waals surface area contributed by atoms with Gasteiger partial charge in [-0.25, -0.2) is 4.98 Å². The van der Waals surface area contributed by atoms with Gasteiger partial charge < -0.3 is 4.90 Å². The Morgan fingerprint density at radius 3 is 2.57 bits per heavy atom. The highest BCUT2D eigenvalue weighted by Crippen LogP contribution is 2.32. The van der Waals surface area contributed by atoms with Crippen LogP contribution >= 0.6 is 15.9 Å². The van der Waals surface area contributed by atoms with Gasteiger partial charge in [-0.15, -0.1) is 0 Å². The van der Waals surface area contributed by atoms with Crippen molar-refractivity contribution in [3.05, 3.63) is 94.5 Å². The Balaban J connectivity index is 1.69. The third-order valence-corrected chi connectivity index (χ3v) is 5.70. The second-order valence-corrected chi connectivity index (χ2v) is 7.83. The lowest BCUT2D eigenvalue weighted by molar-refractivity contribution is 0.0991. The summed E-state index contributed by atoms with van der Waals surface area (Å²) in [5, 5.41) is 0.864. The van der Waals surface area contributed by atoms with E-state index in [1.165, 1.54) is 5.56 Å². The third kappa shape index (κ3) is 2.90. The van der Waals surface area contributed by atoms with Crippen LogP contribution in [-0.2, 0) is 6.42 Å². The number of carbonyl (C=O) groups excluding carboxylic acids is 1. The fraction of sp³-hybridized carbons (Fsp3) is 0.0833. The van der Waals surface area contributed by atoms with Gasteiger partial charge in [0.1, 0.15) is 0 Å². The topological polar surface area (TPSA) is 33.2 Å². The number of nitrogens with zero attached hydrogens (tertiary/aromatic N) is 2. The molecule has 28 heavy (non-hydrogen) atoms. The number of fused-ring (bicyclic) bond motifs is 2. The van der Waals surface area contributed by atoms with Gasteiger partial charge in [0.25, 0.3) is 5.91 Å². The van der Waals surface area contributed by atoms with Gasteiger partial charge in [0, 0.05) is 27.7 Å². The van der Waals surface area contributed by atoms with Gasteiger partial charge in [0.15, 0.2) is 0 Å². The minimum absolute atomic E-state index is 0.0210. The number of rotatable bonds is 2. The molecule has 0 saturated carbocycles. The summed E-state index contributed by atoms with van der Waals surface area (Å²) in [7, 11) is 0. The molecule has 0 atom stereocenters. The van der Waals surface area contributed by atoms with Crippen molar-refractivity contribution >= 4 is 38.4 Å². The number of carbonyl (C=O) groups is 1. The zero-order valence-electron chi connectivity index (χ0n) is 15.1. The van der Waals surface area contributed by atoms with Crippen LogP contribution in [0.4, 0.5) is 5.69 Å². The summed E-state index contributed by atoms with van der Waals surface area (Å²) < 4.78 is 0.935. The molecule has 0 N–H and O–H groups in total. The summed E-state index contributed by atoms with van der Waals surface area (Å²) in [6, 6.07) is 26.0. The van der Waals surface area contributed by atoms with E-state index in [0.717, 1.165) is 38.7 Å². The van der Waals surface area contributed by atoms with Crippen LogP contribution in [0.1, 0.15) is 15.9 Å². The molecule has 1 aromatic heterocycles. The summed E-state index contributed by atoms with van der Waals surface area (Å²) in [6.07, 6.45) is 0.889. The number of anilines is 1. The Kier molecular flexibility index (Phi) is 4.21. The molecule has 1 aliphatic heterocycles. The van der Waals surface area contributed by atoms with E-state index >= 15 is 0 Å². The van der Waals surface area contributed by atoms with E-state index in [1.807, 2.05) is 77.7 Å². The number of hydrogen-bond acceptors (Lipinski definition) is 2. The van der Waals surface area contributed by atoms with E-state index < -0.39 is 0 Å². The number of hydrogen-bond donors (Lipinski definition) is 0. The van der Waals surface area contributed by atoms with Crippen LogP contribution in [0.2, 0.25) is 0 Å². The average molecular weight is 429 g/mol. The van der Waals surface area contributed by atoms with Crippen LogP contribution in [0.15, 0.2) is 83.3 Å². The number of para-hydroxylation sites is 1. The molecule has 4 heteroatoms. The highest BCUT2D eigenvalue weighted by Gasteiger charge is 2.27. The zero-order chi connectivity index (χ0) is 19.1. The summed E-state index contributed by atoms with van der Waals surface area (Å²) in [6.45, 7) is 0.705. The minimum Gasteiger partial charge on any atom is -0.308 e. The summed E-state index contributed by atoms with van der Waals surface area (Å²) in [5.41, 5.74) is 5.55. The van der Waals surface area contributed by atoms with Crippen molar-refractivity contribution in [1.29, 1.82) is 0 Å². The largest absolute Gasteiger partial charge is 0.308 e. The molecule has 3 nitrogen and oxygen atoms in total. The standard InChI is InChI=1S/C24H17BrN2O/c25-18-10-11-21-19(14-18)20(15-22(26-21)16-6-2-1-3-7-16)24(28)27-13-12-17-8-4-5-9-23(17)27/h1-11,14-15H,12-13H2. The van der Waals surface area contributed by atoms with Crippen LogP contribution in [0, 0.1) is 0 Å². The van der Waals surface area contributed by atoms with E-state index in [1.54, 1.807) is 0 Å². The van der Waals surface area contributed by atoms with Crippen molar-refractivity contribution in [2.75, 3.05) is 11.4 Å². The Morgan fingerprint density at radius 1 is 0.929 bits per heavy atom. The van der Waals surface area contributed by atoms with Gasteiger partial charge >= 0.3 is 0 Å². The predicted octanol–water partition coefficient (Wildman–Crippen LogP) is 5.87. The monoisotopic (exact) mass is 428 g/mol. The molecule has 1 aliphatic rings. The van der Waals surface area contributed by atoms with Gasteiger partial charge in [-0.2, -0.15) is 0 Å². The first-order chi connectivity index (χ1) is 13.7. The summed E-state index contributed by atoms with van der Waals surface area (Å²) >= 11 is 3.54. The van der Waals surface area contributed by atoms with E-state index in [9.17, 15) is 4.79 Å². The van der Waals surface area contributed by atoms with Crippen LogP contribution in [0.25, 0.3) is 22.2 Å². The molecule has 2 heterocycles. The molecule has 4 aromatic rings. The fourth-order valence-electron chi connectivity index (χ4n) is 3.83. The van der Waals surface area contributed by atoms with Crippen LogP contribution in [0.3, 0.4) is 0 Å². The number of aromatic nitrogens is 1. The lowest BCUT2D eigenvalue weighted by Gasteiger charge is -2.19. The zero-order valence-corrected chi connectivity index (χ0v) is 16.7. The first kappa shape index (κ1) is 17.1. The Hall–Kier alpha value is -2.98. The molecular formula is C24H17BrN2O. The van der Waals surface area contributed by atoms with Crippen LogP contribution in [0.5, 0.6) is 0 Å². The van der Waals surface area contributed by atoms with Gasteiger partial charge in [-0.3, -0.25) is 4.79 Å². The Morgan fingerprint density at radius 2 is 1.71 bits per heavy atom. The second kappa shape index (κ2) is 6.88. The van der Waals surface area contributed by atoms with E-state index in [2.05, 4.69) is 22.0 Å². The quantitative estimate of drug-likeness (QED) is 0.400. The molecular weight excluding hydrogens is 412 g/mol. The van der Waals surface area contributed by atoms with Crippen molar-refractivity contribution in [1.82, 2.24) is 4.98 Å². The van der Waals surface area contributed by atoms with Crippen molar-refractivity contribution < 1.29 is 4.79 Å². The van der Waals surface area contributed by atoms with Crippen molar-refractivity contribution in [2.24, 2.45) is 0 Å². The van der Waals surface area contributed by atoms with E-state index in [-0.39, 0.29) is 5.91 Å². The number of halogens is 1. The Bertz CT molecular complexity index is 1200. The highest BCUT2D eigenvalue weighted by atomic mass is 79.9. The first-order valence-electron chi connectivity index (χ1n) is 9.26. The molecule has 5 rings (SSSR count). The Labute approximate surface area is 171 Å². The third-order valence-electron chi connectivity index (χ3n) is 5.20. The maximum absolute atomic E-state index is 13.6. The molecule has 1 amide bonds. The van der Waals surface area contributed by atoms with Gasteiger partial charge in [-0.1, -0.05) is 64.5 Å². The second-order valence-electron chi connectivity index (χ2n) is 6.92.